The summed E-state index contributed by atoms with van der Waals surface area (Å²) in [6.07, 6.45) is 11.5. The van der Waals surface area contributed by atoms with E-state index in [4.69, 9.17) is 9.47 Å². The van der Waals surface area contributed by atoms with E-state index in [0.29, 0.717) is 24.2 Å². The molecule has 0 spiro atoms. The molecule has 0 bridgehead atoms. The molecule has 0 heterocycles. The lowest BCUT2D eigenvalue weighted by atomic mass is 9.75. The molecule has 2 aromatic rings. The maximum Gasteiger partial charge on any atom is 0.165 e. The van der Waals surface area contributed by atoms with Gasteiger partial charge in [-0.3, -0.25) is 0 Å². The Bertz CT molecular complexity index is 1020. The second kappa shape index (κ2) is 13.5. The molecule has 2 nitrogen and oxygen atoms in total. The van der Waals surface area contributed by atoms with Gasteiger partial charge in [0.15, 0.2) is 23.2 Å². The third kappa shape index (κ3) is 6.98. The first-order valence-corrected chi connectivity index (χ1v) is 14.1. The summed E-state index contributed by atoms with van der Waals surface area (Å²) in [4.78, 5) is 0. The summed E-state index contributed by atoms with van der Waals surface area (Å²) in [6.45, 7) is 6.98. The van der Waals surface area contributed by atoms with Crippen LogP contribution in [0.3, 0.4) is 0 Å². The van der Waals surface area contributed by atoms with Crippen molar-refractivity contribution in [1.82, 2.24) is 0 Å². The molecule has 0 N–H and O–H groups in total. The molecule has 2 aliphatic carbocycles. The molecule has 37 heavy (non-hydrogen) atoms. The fraction of sp³-hybridized carbons (Fsp3) is 0.562. The van der Waals surface area contributed by atoms with Crippen LogP contribution in [0.25, 0.3) is 0 Å². The monoisotopic (exact) mass is 514 g/mol. The SMILES string of the molecule is C=CCCOc1ccc(C2CCC(c3ccc(C4CCC(OCCCC)CC4)c(F)c3F)CC2)cc1F. The second-order valence-electron chi connectivity index (χ2n) is 10.7. The maximum absolute atomic E-state index is 15.3. The molecule has 2 fully saturated rings. The minimum absolute atomic E-state index is 0.00569. The fourth-order valence-electron chi connectivity index (χ4n) is 6.02. The van der Waals surface area contributed by atoms with Crippen LogP contribution < -0.4 is 4.74 Å². The summed E-state index contributed by atoms with van der Waals surface area (Å²) in [5.74, 6) is -1.16. The highest BCUT2D eigenvalue weighted by Crippen LogP contribution is 2.43. The summed E-state index contributed by atoms with van der Waals surface area (Å²) >= 11 is 0. The number of hydrogen-bond donors (Lipinski definition) is 0. The van der Waals surface area contributed by atoms with Crippen LogP contribution in [-0.2, 0) is 4.74 Å². The van der Waals surface area contributed by atoms with Crippen molar-refractivity contribution in [1.29, 1.82) is 0 Å². The van der Waals surface area contributed by atoms with Gasteiger partial charge in [-0.25, -0.2) is 13.2 Å². The highest BCUT2D eigenvalue weighted by atomic mass is 19.2. The van der Waals surface area contributed by atoms with Gasteiger partial charge in [0.2, 0.25) is 0 Å². The second-order valence-corrected chi connectivity index (χ2v) is 10.7. The predicted molar refractivity (Wildman–Crippen MR) is 143 cm³/mol. The molecular formula is C32H41F3O2. The minimum atomic E-state index is -0.672. The lowest BCUT2D eigenvalue weighted by molar-refractivity contribution is 0.0230. The van der Waals surface area contributed by atoms with Crippen molar-refractivity contribution < 1.29 is 22.6 Å². The molecule has 0 saturated heterocycles. The Hall–Kier alpha value is -2.27. The first-order valence-electron chi connectivity index (χ1n) is 14.1. The van der Waals surface area contributed by atoms with Crippen molar-refractivity contribution >= 4 is 0 Å². The molecular weight excluding hydrogens is 473 g/mol. The Labute approximate surface area is 220 Å². The van der Waals surface area contributed by atoms with Crippen molar-refractivity contribution in [3.05, 3.63) is 77.1 Å². The van der Waals surface area contributed by atoms with Gasteiger partial charge in [-0.05, 0) is 111 Å². The van der Waals surface area contributed by atoms with E-state index in [1.165, 1.54) is 0 Å². The third-order valence-electron chi connectivity index (χ3n) is 8.28. The number of hydrogen-bond acceptors (Lipinski definition) is 2. The molecule has 0 unspecified atom stereocenters. The number of ether oxygens (including phenoxy) is 2. The standard InChI is InChI=1S/C32H41F3O2/c1-3-5-19-36-26-14-11-24(12-15-26)28-17-16-27(31(34)32(28)35)23-9-7-22(8-10-23)25-13-18-30(29(33)21-25)37-20-6-4-2/h4,13,16-18,21-24,26H,2-3,5-12,14-15,19-20H2,1H3. The normalized spacial score (nSPS) is 24.1. The molecule has 2 aliphatic rings. The van der Waals surface area contributed by atoms with Crippen LogP contribution in [0.2, 0.25) is 0 Å². The Morgan fingerprint density at radius 1 is 0.811 bits per heavy atom. The summed E-state index contributed by atoms with van der Waals surface area (Å²) in [5.41, 5.74) is 1.96. The van der Waals surface area contributed by atoms with E-state index < -0.39 is 11.6 Å². The lowest BCUT2D eigenvalue weighted by Crippen LogP contribution is -2.22. The van der Waals surface area contributed by atoms with Gasteiger partial charge in [0.1, 0.15) is 0 Å². The van der Waals surface area contributed by atoms with E-state index in [1.807, 2.05) is 18.2 Å². The van der Waals surface area contributed by atoms with Crippen molar-refractivity contribution in [2.75, 3.05) is 13.2 Å². The van der Waals surface area contributed by atoms with Gasteiger partial charge in [-0.15, -0.1) is 6.58 Å². The van der Waals surface area contributed by atoms with Crippen molar-refractivity contribution in [3.8, 4) is 5.75 Å². The number of rotatable bonds is 11. The molecule has 2 saturated carbocycles. The highest BCUT2D eigenvalue weighted by Gasteiger charge is 2.30. The van der Waals surface area contributed by atoms with E-state index in [0.717, 1.165) is 76.4 Å². The zero-order valence-electron chi connectivity index (χ0n) is 22.1. The maximum atomic E-state index is 15.3. The van der Waals surface area contributed by atoms with E-state index in [9.17, 15) is 4.39 Å². The molecule has 0 aliphatic heterocycles. The summed E-state index contributed by atoms with van der Waals surface area (Å²) in [6, 6.07) is 8.82. The molecule has 5 heteroatoms. The molecule has 4 rings (SSSR count). The van der Waals surface area contributed by atoms with E-state index in [2.05, 4.69) is 13.5 Å². The summed E-state index contributed by atoms with van der Waals surface area (Å²) in [5, 5.41) is 0. The molecule has 0 atom stereocenters. The van der Waals surface area contributed by atoms with Crippen LogP contribution in [0, 0.1) is 17.5 Å². The van der Waals surface area contributed by atoms with Crippen molar-refractivity contribution in [3.63, 3.8) is 0 Å². The average Bonchev–Trinajstić information content (AvgIpc) is 2.92. The van der Waals surface area contributed by atoms with Crippen LogP contribution in [-0.4, -0.2) is 19.3 Å². The van der Waals surface area contributed by atoms with Gasteiger partial charge in [-0.2, -0.15) is 0 Å². The number of unbranched alkanes of at least 4 members (excludes halogenated alkanes) is 1. The zero-order valence-corrected chi connectivity index (χ0v) is 22.1. The Morgan fingerprint density at radius 3 is 1.97 bits per heavy atom. The van der Waals surface area contributed by atoms with Crippen LogP contribution in [0.5, 0.6) is 5.75 Å². The topological polar surface area (TPSA) is 18.5 Å². The molecule has 0 radical (unpaired) electrons. The van der Waals surface area contributed by atoms with Gasteiger partial charge in [0.25, 0.3) is 0 Å². The Kier molecular flexibility index (Phi) is 10.1. The Balaban J connectivity index is 1.33. The van der Waals surface area contributed by atoms with Gasteiger partial charge < -0.3 is 9.47 Å². The van der Waals surface area contributed by atoms with E-state index >= 15 is 8.78 Å². The summed E-state index contributed by atoms with van der Waals surface area (Å²) in [7, 11) is 0. The molecule has 202 valence electrons. The summed E-state index contributed by atoms with van der Waals surface area (Å²) < 4.78 is 56.4. The molecule has 0 aromatic heterocycles. The third-order valence-corrected chi connectivity index (χ3v) is 8.28. The van der Waals surface area contributed by atoms with E-state index in [1.54, 1.807) is 18.2 Å². The smallest absolute Gasteiger partial charge is 0.165 e. The van der Waals surface area contributed by atoms with Crippen LogP contribution in [0.4, 0.5) is 13.2 Å². The lowest BCUT2D eigenvalue weighted by Gasteiger charge is -2.31. The predicted octanol–water partition coefficient (Wildman–Crippen LogP) is 9.34. The van der Waals surface area contributed by atoms with Crippen molar-refractivity contribution in [2.45, 2.75) is 101 Å². The zero-order chi connectivity index (χ0) is 26.2. The average molecular weight is 515 g/mol. The Morgan fingerprint density at radius 2 is 1.41 bits per heavy atom. The van der Waals surface area contributed by atoms with Crippen molar-refractivity contribution in [2.24, 2.45) is 0 Å². The number of benzene rings is 2. The largest absolute Gasteiger partial charge is 0.490 e. The number of halogens is 3. The first kappa shape index (κ1) is 27.8. The highest BCUT2D eigenvalue weighted by molar-refractivity contribution is 5.34. The first-order chi connectivity index (χ1) is 18.0. The van der Waals surface area contributed by atoms with Gasteiger partial charge in [0.05, 0.1) is 12.7 Å². The minimum Gasteiger partial charge on any atom is -0.490 e. The van der Waals surface area contributed by atoms with Gasteiger partial charge in [-0.1, -0.05) is 37.6 Å². The molecule has 2 aromatic carbocycles. The molecule has 0 amide bonds. The van der Waals surface area contributed by atoms with E-state index in [-0.39, 0.29) is 35.4 Å². The van der Waals surface area contributed by atoms with Crippen LogP contribution in [0.1, 0.15) is 112 Å². The van der Waals surface area contributed by atoms with Gasteiger partial charge in [0, 0.05) is 6.61 Å². The van der Waals surface area contributed by atoms with Crippen LogP contribution >= 0.6 is 0 Å². The quantitative estimate of drug-likeness (QED) is 0.220. The van der Waals surface area contributed by atoms with Crippen LogP contribution in [0.15, 0.2) is 43.0 Å². The fourth-order valence-corrected chi connectivity index (χ4v) is 6.02. The van der Waals surface area contributed by atoms with Gasteiger partial charge >= 0.3 is 0 Å².